The summed E-state index contributed by atoms with van der Waals surface area (Å²) in [5, 5.41) is 11.0. The lowest BCUT2D eigenvalue weighted by Crippen LogP contribution is -2.33. The third-order valence-electron chi connectivity index (χ3n) is 2.17. The molecule has 1 aromatic heterocycles. The Morgan fingerprint density at radius 1 is 1.67 bits per heavy atom. The van der Waals surface area contributed by atoms with E-state index in [1.54, 1.807) is 11.9 Å². The molecular weight excluding hydrogens is 240 g/mol. The summed E-state index contributed by atoms with van der Waals surface area (Å²) in [5.41, 5.74) is 0.332. The number of rotatable bonds is 3. The van der Waals surface area contributed by atoms with Crippen molar-refractivity contribution in [3.8, 4) is 0 Å². The first-order chi connectivity index (χ1) is 8.60. The minimum Gasteiger partial charge on any atom is -0.393 e. The smallest absolute Gasteiger partial charge is 0.276 e. The molecule has 0 aliphatic carbocycles. The van der Waals surface area contributed by atoms with E-state index in [-0.39, 0.29) is 18.3 Å². The highest BCUT2D eigenvalue weighted by Gasteiger charge is 2.17. The van der Waals surface area contributed by atoms with Crippen molar-refractivity contribution in [3.05, 3.63) is 16.7 Å². The highest BCUT2D eigenvalue weighted by atomic mass is 17.2. The Morgan fingerprint density at radius 3 is 2.61 bits per heavy atom. The van der Waals surface area contributed by atoms with Gasteiger partial charge in [-0.2, -0.15) is 0 Å². The molecule has 0 saturated carbocycles. The van der Waals surface area contributed by atoms with E-state index < -0.39 is 0 Å². The molecule has 0 aromatic carbocycles. The van der Waals surface area contributed by atoms with Crippen LogP contribution in [0.3, 0.4) is 0 Å². The van der Waals surface area contributed by atoms with Crippen molar-refractivity contribution < 1.29 is 14.9 Å². The summed E-state index contributed by atoms with van der Waals surface area (Å²) in [7, 11) is 5.37. The number of aromatic amines is 1. The summed E-state index contributed by atoms with van der Waals surface area (Å²) in [6.45, 7) is 0.608. The van der Waals surface area contributed by atoms with Gasteiger partial charge < -0.3 is 20.3 Å². The minimum atomic E-state index is -0.156. The van der Waals surface area contributed by atoms with Crippen molar-refractivity contribution in [2.24, 2.45) is 0 Å². The largest absolute Gasteiger partial charge is 0.393 e. The fourth-order valence-corrected chi connectivity index (χ4v) is 1.20. The average molecular weight is 258 g/mol. The molecule has 3 N–H and O–H groups in total. The van der Waals surface area contributed by atoms with Crippen LogP contribution in [0.25, 0.3) is 0 Å². The number of aliphatic hydroxyl groups excluding tert-OH is 1. The zero-order valence-corrected chi connectivity index (χ0v) is 10.6. The summed E-state index contributed by atoms with van der Waals surface area (Å²) in [4.78, 5) is 28.1. The molecule has 2 heterocycles. The van der Waals surface area contributed by atoms with Crippen LogP contribution in [-0.2, 0) is 9.78 Å². The van der Waals surface area contributed by atoms with E-state index in [9.17, 15) is 4.79 Å². The Morgan fingerprint density at radius 2 is 2.33 bits per heavy atom. The van der Waals surface area contributed by atoms with Gasteiger partial charge in [-0.05, 0) is 0 Å². The second kappa shape index (κ2) is 6.94. The van der Waals surface area contributed by atoms with Gasteiger partial charge in [0.15, 0.2) is 5.82 Å². The zero-order chi connectivity index (χ0) is 13.5. The number of aliphatic hydroxyl groups is 1. The zero-order valence-electron chi connectivity index (χ0n) is 10.6. The molecule has 18 heavy (non-hydrogen) atoms. The van der Waals surface area contributed by atoms with E-state index in [1.807, 2.05) is 14.1 Å². The topological polar surface area (TPSA) is 99.7 Å². The van der Waals surface area contributed by atoms with Crippen LogP contribution in [0.2, 0.25) is 0 Å². The van der Waals surface area contributed by atoms with E-state index in [0.717, 1.165) is 0 Å². The number of anilines is 2. The molecule has 8 heteroatoms. The molecule has 1 aliphatic heterocycles. The van der Waals surface area contributed by atoms with Crippen molar-refractivity contribution in [2.45, 2.75) is 6.10 Å². The van der Waals surface area contributed by atoms with Crippen LogP contribution in [0, 0.1) is 0 Å². The lowest BCUT2D eigenvalue weighted by molar-refractivity contribution is -0.428. The second-order valence-corrected chi connectivity index (χ2v) is 3.76. The summed E-state index contributed by atoms with van der Waals surface area (Å²) in [5.74, 6) is 0.640. The Hall–Kier alpha value is -1.64. The molecule has 1 atom stereocenters. The van der Waals surface area contributed by atoms with E-state index in [4.69, 9.17) is 5.11 Å². The van der Waals surface area contributed by atoms with Crippen LogP contribution >= 0.6 is 0 Å². The van der Waals surface area contributed by atoms with Gasteiger partial charge in [-0.1, -0.05) is 0 Å². The maximum atomic E-state index is 11.2. The van der Waals surface area contributed by atoms with Gasteiger partial charge in [0, 0.05) is 21.1 Å². The number of aromatic nitrogens is 2. The molecule has 0 radical (unpaired) electrons. The lowest BCUT2D eigenvalue weighted by atomic mass is 10.4. The quantitative estimate of drug-likeness (QED) is 0.609. The number of H-pyrrole nitrogens is 1. The number of nitrogens with zero attached hydrogens (tertiary/aromatic N) is 2. The van der Waals surface area contributed by atoms with Gasteiger partial charge in [0.2, 0.25) is 0 Å². The van der Waals surface area contributed by atoms with Crippen molar-refractivity contribution in [1.29, 1.82) is 0 Å². The molecule has 1 fully saturated rings. The van der Waals surface area contributed by atoms with Gasteiger partial charge in [0.1, 0.15) is 18.4 Å². The molecule has 0 bridgehead atoms. The molecule has 1 aromatic rings. The van der Waals surface area contributed by atoms with E-state index in [1.165, 1.54) is 6.33 Å². The second-order valence-electron chi connectivity index (χ2n) is 3.76. The van der Waals surface area contributed by atoms with Crippen molar-refractivity contribution in [2.75, 3.05) is 44.6 Å². The van der Waals surface area contributed by atoms with Gasteiger partial charge in [0.05, 0.1) is 12.9 Å². The molecule has 2 rings (SSSR count). The lowest BCUT2D eigenvalue weighted by Gasteiger charge is -2.21. The monoisotopic (exact) mass is 258 g/mol. The Bertz CT molecular complexity index is 414. The molecule has 0 amide bonds. The van der Waals surface area contributed by atoms with Crippen molar-refractivity contribution >= 4 is 11.5 Å². The Labute approximate surface area is 104 Å². The van der Waals surface area contributed by atoms with Crippen LogP contribution in [0.4, 0.5) is 11.5 Å². The maximum Gasteiger partial charge on any atom is 0.276 e. The Balaban J connectivity index is 0.000000225. The highest BCUT2D eigenvalue weighted by molar-refractivity contribution is 5.62. The molecule has 1 saturated heterocycles. The fraction of sp³-hybridized carbons (Fsp3) is 0.600. The van der Waals surface area contributed by atoms with E-state index >= 15 is 0 Å². The number of hydrogen-bond acceptors (Lipinski definition) is 7. The molecule has 102 valence electrons. The standard InChI is InChI=1S/C7H12N4O.C3H6O3/c1-8-5-6(11(2)3)9-4-10-7(5)12;4-1-3-2-5-6-3/h4,8H,1-3H3,(H,9,10,12);3-4H,1-2H2. The predicted molar refractivity (Wildman–Crippen MR) is 66.6 cm³/mol. The summed E-state index contributed by atoms with van der Waals surface area (Å²) in [6, 6.07) is 0. The number of nitrogens with one attached hydrogen (secondary N) is 2. The first-order valence-electron chi connectivity index (χ1n) is 5.42. The summed E-state index contributed by atoms with van der Waals surface area (Å²) >= 11 is 0. The normalized spacial score (nSPS) is 17.2. The van der Waals surface area contributed by atoms with Gasteiger partial charge in [-0.25, -0.2) is 14.8 Å². The highest BCUT2D eigenvalue weighted by Crippen LogP contribution is 2.13. The van der Waals surface area contributed by atoms with Gasteiger partial charge in [0.25, 0.3) is 5.56 Å². The van der Waals surface area contributed by atoms with Crippen molar-refractivity contribution in [1.82, 2.24) is 9.97 Å². The van der Waals surface area contributed by atoms with Gasteiger partial charge >= 0.3 is 0 Å². The molecule has 8 nitrogen and oxygen atoms in total. The van der Waals surface area contributed by atoms with E-state index in [0.29, 0.717) is 18.1 Å². The summed E-state index contributed by atoms with van der Waals surface area (Å²) in [6.07, 6.45) is 1.34. The average Bonchev–Trinajstić information content (AvgIpc) is 2.28. The summed E-state index contributed by atoms with van der Waals surface area (Å²) < 4.78 is 0. The van der Waals surface area contributed by atoms with Crippen LogP contribution in [0.15, 0.2) is 11.1 Å². The van der Waals surface area contributed by atoms with Gasteiger partial charge in [-0.3, -0.25) is 4.79 Å². The molecule has 1 aliphatic rings. The molecule has 0 spiro atoms. The first kappa shape index (κ1) is 14.4. The first-order valence-corrected chi connectivity index (χ1v) is 5.42. The van der Waals surface area contributed by atoms with Crippen LogP contribution < -0.4 is 15.8 Å². The maximum absolute atomic E-state index is 11.2. The fourth-order valence-electron chi connectivity index (χ4n) is 1.20. The SMILES string of the molecule is CNc1c(N(C)C)nc[nH]c1=O.OCC1COO1. The third kappa shape index (κ3) is 3.69. The molecule has 1 unspecified atom stereocenters. The minimum absolute atomic E-state index is 0.0509. The Kier molecular flexibility index (Phi) is 5.56. The molecular formula is C10H18N4O4. The van der Waals surface area contributed by atoms with Crippen molar-refractivity contribution in [3.63, 3.8) is 0 Å². The van der Waals surface area contributed by atoms with Crippen LogP contribution in [0.5, 0.6) is 0 Å². The number of hydrogen-bond donors (Lipinski definition) is 3. The van der Waals surface area contributed by atoms with E-state index in [2.05, 4.69) is 25.1 Å². The third-order valence-corrected chi connectivity index (χ3v) is 2.17. The van der Waals surface area contributed by atoms with Crippen LogP contribution in [-0.4, -0.2) is 55.5 Å². The van der Waals surface area contributed by atoms with Gasteiger partial charge in [-0.15, -0.1) is 0 Å². The predicted octanol–water partition coefficient (Wildman–Crippen LogP) is -0.813. The van der Waals surface area contributed by atoms with Crippen LogP contribution in [0.1, 0.15) is 0 Å².